The van der Waals surface area contributed by atoms with Gasteiger partial charge in [0.2, 0.25) is 0 Å². The predicted octanol–water partition coefficient (Wildman–Crippen LogP) is 3.93. The summed E-state index contributed by atoms with van der Waals surface area (Å²) in [6, 6.07) is 11.8. The number of rotatable bonds is 2. The van der Waals surface area contributed by atoms with Gasteiger partial charge in [-0.1, -0.05) is 18.2 Å². The quantitative estimate of drug-likeness (QED) is 0.609. The lowest BCUT2D eigenvalue weighted by Crippen LogP contribution is -2.01. The van der Waals surface area contributed by atoms with E-state index in [0.29, 0.717) is 0 Å². The molecule has 0 radical (unpaired) electrons. The molecular formula is C17H12N2OS. The van der Waals surface area contributed by atoms with Crippen molar-refractivity contribution in [1.29, 1.82) is 0 Å². The van der Waals surface area contributed by atoms with E-state index in [1.165, 1.54) is 0 Å². The lowest BCUT2D eigenvalue weighted by Gasteiger charge is -2.13. The smallest absolute Gasteiger partial charge is 0.106 e. The summed E-state index contributed by atoms with van der Waals surface area (Å²) in [5, 5.41) is 14.8. The molecule has 0 aliphatic carbocycles. The van der Waals surface area contributed by atoms with Crippen molar-refractivity contribution in [3.63, 3.8) is 0 Å². The molecule has 3 nitrogen and oxygen atoms in total. The van der Waals surface area contributed by atoms with Crippen molar-refractivity contribution in [2.45, 2.75) is 6.10 Å². The first kappa shape index (κ1) is 12.4. The molecule has 102 valence electrons. The minimum Gasteiger partial charge on any atom is -0.384 e. The Labute approximate surface area is 125 Å². The number of pyridine rings is 2. The van der Waals surface area contributed by atoms with E-state index < -0.39 is 6.10 Å². The Morgan fingerprint density at radius 1 is 1.10 bits per heavy atom. The molecule has 0 spiro atoms. The van der Waals surface area contributed by atoms with Gasteiger partial charge >= 0.3 is 0 Å². The lowest BCUT2D eigenvalue weighted by molar-refractivity contribution is 0.221. The third kappa shape index (κ3) is 2.09. The Balaban J connectivity index is 1.87. The fraction of sp³-hybridized carbons (Fsp3) is 0.0588. The van der Waals surface area contributed by atoms with E-state index in [1.54, 1.807) is 23.7 Å². The Kier molecular flexibility index (Phi) is 2.91. The van der Waals surface area contributed by atoms with E-state index in [1.807, 2.05) is 48.0 Å². The van der Waals surface area contributed by atoms with Gasteiger partial charge in [-0.05, 0) is 34.5 Å². The summed E-state index contributed by atoms with van der Waals surface area (Å²) in [4.78, 5) is 8.53. The van der Waals surface area contributed by atoms with Crippen molar-refractivity contribution in [1.82, 2.24) is 9.97 Å². The lowest BCUT2D eigenvalue weighted by atomic mass is 9.98. The normalized spacial score (nSPS) is 12.8. The second-order valence-corrected chi connectivity index (χ2v) is 5.87. The molecule has 1 unspecified atom stereocenters. The van der Waals surface area contributed by atoms with Crippen LogP contribution in [0.5, 0.6) is 0 Å². The van der Waals surface area contributed by atoms with Crippen molar-refractivity contribution in [3.8, 4) is 0 Å². The maximum Gasteiger partial charge on any atom is 0.106 e. The van der Waals surface area contributed by atoms with E-state index in [4.69, 9.17) is 0 Å². The van der Waals surface area contributed by atoms with Gasteiger partial charge in [0, 0.05) is 29.5 Å². The number of nitrogens with zero attached hydrogens (tertiary/aromatic N) is 2. The summed E-state index contributed by atoms with van der Waals surface area (Å²) in [7, 11) is 0. The molecule has 3 aromatic heterocycles. The molecular weight excluding hydrogens is 280 g/mol. The van der Waals surface area contributed by atoms with Crippen LogP contribution in [0.4, 0.5) is 0 Å². The summed E-state index contributed by atoms with van der Waals surface area (Å²) < 4.78 is 1.09. The van der Waals surface area contributed by atoms with Crippen LogP contribution >= 0.6 is 11.3 Å². The number of hydrogen-bond donors (Lipinski definition) is 1. The maximum absolute atomic E-state index is 10.7. The van der Waals surface area contributed by atoms with Crippen molar-refractivity contribution in [3.05, 3.63) is 71.5 Å². The highest BCUT2D eigenvalue weighted by Crippen LogP contribution is 2.30. The van der Waals surface area contributed by atoms with E-state index in [0.717, 1.165) is 32.1 Å². The van der Waals surface area contributed by atoms with Crippen LogP contribution in [0.3, 0.4) is 0 Å². The van der Waals surface area contributed by atoms with Crippen LogP contribution in [0, 0.1) is 0 Å². The maximum atomic E-state index is 10.7. The van der Waals surface area contributed by atoms with Gasteiger partial charge < -0.3 is 5.11 Å². The first-order valence-corrected chi connectivity index (χ1v) is 7.55. The number of benzene rings is 1. The van der Waals surface area contributed by atoms with Crippen LogP contribution < -0.4 is 0 Å². The number of aliphatic hydroxyl groups excluding tert-OH is 1. The van der Waals surface area contributed by atoms with Gasteiger partial charge in [-0.3, -0.25) is 9.97 Å². The number of fused-ring (bicyclic) bond motifs is 2. The monoisotopic (exact) mass is 292 g/mol. The van der Waals surface area contributed by atoms with Crippen LogP contribution in [-0.4, -0.2) is 15.1 Å². The van der Waals surface area contributed by atoms with Crippen LogP contribution in [0.25, 0.3) is 21.0 Å². The highest BCUT2D eigenvalue weighted by molar-refractivity contribution is 7.17. The molecule has 0 bridgehead atoms. The van der Waals surface area contributed by atoms with Crippen molar-refractivity contribution < 1.29 is 5.11 Å². The average Bonchev–Trinajstić information content (AvgIpc) is 3.01. The Morgan fingerprint density at radius 3 is 3.00 bits per heavy atom. The summed E-state index contributed by atoms with van der Waals surface area (Å²) in [5.74, 6) is 0. The molecule has 1 aromatic carbocycles. The van der Waals surface area contributed by atoms with Gasteiger partial charge in [-0.2, -0.15) is 0 Å². The van der Waals surface area contributed by atoms with Crippen LogP contribution in [0.1, 0.15) is 17.2 Å². The van der Waals surface area contributed by atoms with Gasteiger partial charge in [0.1, 0.15) is 6.10 Å². The summed E-state index contributed by atoms with van der Waals surface area (Å²) >= 11 is 1.63. The minimum absolute atomic E-state index is 0.685. The number of hydrogen-bond acceptors (Lipinski definition) is 4. The number of aliphatic hydroxyl groups is 1. The minimum atomic E-state index is -0.685. The van der Waals surface area contributed by atoms with E-state index in [9.17, 15) is 5.11 Å². The molecule has 0 saturated carbocycles. The first-order valence-electron chi connectivity index (χ1n) is 6.67. The van der Waals surface area contributed by atoms with Crippen LogP contribution in [-0.2, 0) is 0 Å². The van der Waals surface area contributed by atoms with Gasteiger partial charge in [-0.15, -0.1) is 11.3 Å². The molecule has 0 amide bonds. The Morgan fingerprint density at radius 2 is 2.05 bits per heavy atom. The van der Waals surface area contributed by atoms with Crippen molar-refractivity contribution in [2.75, 3.05) is 0 Å². The highest BCUT2D eigenvalue weighted by Gasteiger charge is 2.14. The van der Waals surface area contributed by atoms with E-state index in [2.05, 4.69) is 9.97 Å². The molecule has 0 aliphatic rings. The summed E-state index contributed by atoms with van der Waals surface area (Å²) in [6.45, 7) is 0. The zero-order valence-corrected chi connectivity index (χ0v) is 11.9. The predicted molar refractivity (Wildman–Crippen MR) is 85.4 cm³/mol. The SMILES string of the molecule is OC(c1cnc2ccsc2c1)c1cccc2cnccc12. The number of thiophene rings is 1. The number of aromatic nitrogens is 2. The first-order chi connectivity index (χ1) is 10.3. The zero-order valence-electron chi connectivity index (χ0n) is 11.1. The van der Waals surface area contributed by atoms with Gasteiger partial charge in [0.05, 0.1) is 10.2 Å². The molecule has 0 fully saturated rings. The Bertz CT molecular complexity index is 927. The molecule has 21 heavy (non-hydrogen) atoms. The van der Waals surface area contributed by atoms with Gasteiger partial charge in [0.15, 0.2) is 0 Å². The second-order valence-electron chi connectivity index (χ2n) is 4.92. The summed E-state index contributed by atoms with van der Waals surface area (Å²) in [5.41, 5.74) is 2.67. The summed E-state index contributed by atoms with van der Waals surface area (Å²) in [6.07, 6.45) is 4.63. The van der Waals surface area contributed by atoms with Crippen molar-refractivity contribution in [2.24, 2.45) is 0 Å². The Hall–Kier alpha value is -2.30. The van der Waals surface area contributed by atoms with E-state index in [-0.39, 0.29) is 0 Å². The van der Waals surface area contributed by atoms with Gasteiger partial charge in [0.25, 0.3) is 0 Å². The molecule has 4 aromatic rings. The second kappa shape index (κ2) is 4.91. The molecule has 0 aliphatic heterocycles. The molecule has 4 heteroatoms. The molecule has 3 heterocycles. The molecule has 0 saturated heterocycles. The van der Waals surface area contributed by atoms with Crippen LogP contribution in [0.15, 0.2) is 60.4 Å². The standard InChI is InChI=1S/C17H12N2OS/c20-17(12-8-16-15(19-10-12)5-7-21-16)14-3-1-2-11-9-18-6-4-13(11)14/h1-10,17,20H. The van der Waals surface area contributed by atoms with Gasteiger partial charge in [-0.25, -0.2) is 0 Å². The highest BCUT2D eigenvalue weighted by atomic mass is 32.1. The third-order valence-corrected chi connectivity index (χ3v) is 4.50. The third-order valence-electron chi connectivity index (χ3n) is 3.65. The molecule has 1 atom stereocenters. The average molecular weight is 292 g/mol. The topological polar surface area (TPSA) is 46.0 Å². The van der Waals surface area contributed by atoms with Crippen molar-refractivity contribution >= 4 is 32.3 Å². The molecule has 1 N–H and O–H groups in total. The van der Waals surface area contributed by atoms with E-state index >= 15 is 0 Å². The molecule has 4 rings (SSSR count). The zero-order chi connectivity index (χ0) is 14.2. The largest absolute Gasteiger partial charge is 0.384 e. The fourth-order valence-electron chi connectivity index (χ4n) is 2.58. The van der Waals surface area contributed by atoms with Crippen LogP contribution in [0.2, 0.25) is 0 Å². The fourth-order valence-corrected chi connectivity index (χ4v) is 3.37.